The van der Waals surface area contributed by atoms with E-state index in [1.54, 1.807) is 12.1 Å². The molecule has 0 saturated carbocycles. The van der Waals surface area contributed by atoms with Crippen molar-refractivity contribution in [2.75, 3.05) is 19.6 Å². The predicted octanol–water partition coefficient (Wildman–Crippen LogP) is 2.90. The molecule has 1 atom stereocenters. The van der Waals surface area contributed by atoms with Gasteiger partial charge in [-0.15, -0.1) is 0 Å². The van der Waals surface area contributed by atoms with E-state index in [1.807, 2.05) is 52.3 Å². The van der Waals surface area contributed by atoms with Crippen LogP contribution in [0.2, 0.25) is 0 Å². The summed E-state index contributed by atoms with van der Waals surface area (Å²) in [5.41, 5.74) is 2.57. The number of rotatable bonds is 7. The molecule has 4 rings (SSSR count). The normalized spacial score (nSPS) is 17.5. The summed E-state index contributed by atoms with van der Waals surface area (Å²) < 4.78 is 0. The summed E-state index contributed by atoms with van der Waals surface area (Å²) in [6.45, 7) is 2.60. The third-order valence-corrected chi connectivity index (χ3v) is 5.84. The van der Waals surface area contributed by atoms with Gasteiger partial charge in [-0.05, 0) is 36.1 Å². The van der Waals surface area contributed by atoms with Crippen LogP contribution in [-0.2, 0) is 16.1 Å². The number of nitrogens with one attached hydrogen (secondary N) is 1. The molecule has 0 bridgehead atoms. The van der Waals surface area contributed by atoms with Crippen LogP contribution < -0.4 is 5.32 Å². The first-order valence-corrected chi connectivity index (χ1v) is 10.6. The Bertz CT molecular complexity index is 911. The third kappa shape index (κ3) is 4.70. The van der Waals surface area contributed by atoms with Gasteiger partial charge in [-0.3, -0.25) is 14.4 Å². The highest BCUT2D eigenvalue weighted by Crippen LogP contribution is 2.20. The molecule has 1 N–H and O–H groups in total. The molecule has 0 radical (unpaired) electrons. The van der Waals surface area contributed by atoms with Crippen molar-refractivity contribution >= 4 is 17.7 Å². The fourth-order valence-electron chi connectivity index (χ4n) is 4.13. The van der Waals surface area contributed by atoms with Gasteiger partial charge in [0.2, 0.25) is 11.8 Å². The highest BCUT2D eigenvalue weighted by atomic mass is 16.2. The average Bonchev–Trinajstić information content (AvgIpc) is 3.36. The van der Waals surface area contributed by atoms with Gasteiger partial charge in [0.15, 0.2) is 0 Å². The van der Waals surface area contributed by atoms with Gasteiger partial charge in [-0.1, -0.05) is 42.5 Å². The molecule has 0 spiro atoms. The van der Waals surface area contributed by atoms with Gasteiger partial charge < -0.3 is 15.1 Å². The summed E-state index contributed by atoms with van der Waals surface area (Å²) in [6.07, 6.45) is 2.99. The molecule has 2 aromatic rings. The van der Waals surface area contributed by atoms with E-state index < -0.39 is 0 Å². The number of hydrogen-bond donors (Lipinski definition) is 1. The molecule has 2 fully saturated rings. The zero-order valence-electron chi connectivity index (χ0n) is 17.0. The van der Waals surface area contributed by atoms with E-state index in [2.05, 4.69) is 5.32 Å². The monoisotopic (exact) mass is 405 g/mol. The number of carbonyl (C=O) groups excluding carboxylic acids is 3. The van der Waals surface area contributed by atoms with Crippen molar-refractivity contribution < 1.29 is 14.4 Å². The van der Waals surface area contributed by atoms with Crippen LogP contribution in [0.4, 0.5) is 0 Å². The molecule has 30 heavy (non-hydrogen) atoms. The van der Waals surface area contributed by atoms with Gasteiger partial charge in [-0.2, -0.15) is 0 Å². The van der Waals surface area contributed by atoms with E-state index in [9.17, 15) is 14.4 Å². The second kappa shape index (κ2) is 9.11. The van der Waals surface area contributed by atoms with Crippen LogP contribution in [0.15, 0.2) is 54.6 Å². The van der Waals surface area contributed by atoms with Crippen molar-refractivity contribution in [2.24, 2.45) is 0 Å². The SMILES string of the molecule is O=C(NC(CN1CCCC1=O)c1ccccc1)c1ccc(CN2CCCC2=O)cc1. The summed E-state index contributed by atoms with van der Waals surface area (Å²) in [5, 5.41) is 3.10. The maximum atomic E-state index is 12.9. The number of nitrogens with zero attached hydrogens (tertiary/aromatic N) is 2. The zero-order valence-corrected chi connectivity index (χ0v) is 17.0. The van der Waals surface area contributed by atoms with Crippen LogP contribution in [0.25, 0.3) is 0 Å². The molecule has 1 unspecified atom stereocenters. The molecule has 2 aromatic carbocycles. The molecule has 2 heterocycles. The van der Waals surface area contributed by atoms with Crippen molar-refractivity contribution in [1.29, 1.82) is 0 Å². The lowest BCUT2D eigenvalue weighted by molar-refractivity contribution is -0.128. The maximum Gasteiger partial charge on any atom is 0.251 e. The molecule has 0 aromatic heterocycles. The molecular formula is C24H27N3O3. The Morgan fingerprint density at radius 1 is 0.867 bits per heavy atom. The van der Waals surface area contributed by atoms with Gasteiger partial charge in [0.05, 0.1) is 6.04 Å². The number of benzene rings is 2. The summed E-state index contributed by atoms with van der Waals surface area (Å²) in [6, 6.07) is 16.9. The Hall–Kier alpha value is -3.15. The standard InChI is InChI=1S/C24H27N3O3/c28-22-8-4-14-26(22)16-18-10-12-20(13-11-18)24(30)25-21(19-6-2-1-3-7-19)17-27-15-5-9-23(27)29/h1-3,6-7,10-13,21H,4-5,8-9,14-17H2,(H,25,30). The maximum absolute atomic E-state index is 12.9. The van der Waals surface area contributed by atoms with E-state index >= 15 is 0 Å². The van der Waals surface area contributed by atoms with E-state index in [-0.39, 0.29) is 23.8 Å². The molecule has 6 heteroatoms. The fraction of sp³-hybridized carbons (Fsp3) is 0.375. The Labute approximate surface area is 176 Å². The lowest BCUT2D eigenvalue weighted by Crippen LogP contribution is -2.38. The van der Waals surface area contributed by atoms with Crippen LogP contribution in [0.3, 0.4) is 0 Å². The van der Waals surface area contributed by atoms with Crippen molar-refractivity contribution in [2.45, 2.75) is 38.3 Å². The second-order valence-electron chi connectivity index (χ2n) is 8.00. The fourth-order valence-corrected chi connectivity index (χ4v) is 4.13. The molecule has 3 amide bonds. The van der Waals surface area contributed by atoms with Crippen LogP contribution in [-0.4, -0.2) is 47.2 Å². The molecule has 6 nitrogen and oxygen atoms in total. The van der Waals surface area contributed by atoms with Crippen LogP contribution in [0.5, 0.6) is 0 Å². The Morgan fingerprint density at radius 3 is 2.10 bits per heavy atom. The van der Waals surface area contributed by atoms with Crippen molar-refractivity contribution in [3.63, 3.8) is 0 Å². The van der Waals surface area contributed by atoms with Gasteiger partial charge in [0.25, 0.3) is 5.91 Å². The van der Waals surface area contributed by atoms with Gasteiger partial charge >= 0.3 is 0 Å². The van der Waals surface area contributed by atoms with Crippen LogP contribution >= 0.6 is 0 Å². The third-order valence-electron chi connectivity index (χ3n) is 5.84. The largest absolute Gasteiger partial charge is 0.343 e. The van der Waals surface area contributed by atoms with Gasteiger partial charge in [0, 0.05) is 44.6 Å². The quantitative estimate of drug-likeness (QED) is 0.770. The first kappa shape index (κ1) is 20.1. The van der Waals surface area contributed by atoms with Gasteiger partial charge in [0.1, 0.15) is 0 Å². The van der Waals surface area contributed by atoms with Crippen molar-refractivity contribution in [3.8, 4) is 0 Å². The first-order chi connectivity index (χ1) is 14.6. The Kier molecular flexibility index (Phi) is 6.12. The topological polar surface area (TPSA) is 69.7 Å². The molecular weight excluding hydrogens is 378 g/mol. The van der Waals surface area contributed by atoms with Crippen LogP contribution in [0.1, 0.15) is 53.2 Å². The summed E-state index contributed by atoms with van der Waals surface area (Å²) in [7, 11) is 0. The van der Waals surface area contributed by atoms with Crippen LogP contribution in [0, 0.1) is 0 Å². The molecule has 2 aliphatic rings. The minimum Gasteiger partial charge on any atom is -0.343 e. The van der Waals surface area contributed by atoms with E-state index in [0.29, 0.717) is 31.5 Å². The summed E-state index contributed by atoms with van der Waals surface area (Å²) in [5.74, 6) is 0.171. The van der Waals surface area contributed by atoms with E-state index in [0.717, 1.165) is 37.1 Å². The van der Waals surface area contributed by atoms with Gasteiger partial charge in [-0.25, -0.2) is 0 Å². The van der Waals surface area contributed by atoms with E-state index in [1.165, 1.54) is 0 Å². The minimum absolute atomic E-state index is 0.144. The zero-order chi connectivity index (χ0) is 20.9. The Balaban J connectivity index is 1.43. The highest BCUT2D eigenvalue weighted by molar-refractivity contribution is 5.94. The first-order valence-electron chi connectivity index (χ1n) is 10.6. The highest BCUT2D eigenvalue weighted by Gasteiger charge is 2.25. The molecule has 156 valence electrons. The molecule has 0 aliphatic carbocycles. The summed E-state index contributed by atoms with van der Waals surface area (Å²) in [4.78, 5) is 40.5. The lowest BCUT2D eigenvalue weighted by Gasteiger charge is -2.25. The molecule has 2 saturated heterocycles. The minimum atomic E-state index is -0.261. The number of carbonyl (C=O) groups is 3. The van der Waals surface area contributed by atoms with Crippen molar-refractivity contribution in [3.05, 3.63) is 71.3 Å². The Morgan fingerprint density at radius 2 is 1.50 bits per heavy atom. The average molecular weight is 405 g/mol. The second-order valence-corrected chi connectivity index (χ2v) is 8.00. The summed E-state index contributed by atoms with van der Waals surface area (Å²) >= 11 is 0. The number of hydrogen-bond acceptors (Lipinski definition) is 3. The van der Waals surface area contributed by atoms with Crippen molar-refractivity contribution in [1.82, 2.24) is 15.1 Å². The number of likely N-dealkylation sites (tertiary alicyclic amines) is 2. The number of amides is 3. The lowest BCUT2D eigenvalue weighted by atomic mass is 10.0. The van der Waals surface area contributed by atoms with E-state index in [4.69, 9.17) is 0 Å². The molecule has 2 aliphatic heterocycles. The predicted molar refractivity (Wildman–Crippen MR) is 114 cm³/mol. The smallest absolute Gasteiger partial charge is 0.251 e.